The Balaban J connectivity index is 2.35. The Morgan fingerprint density at radius 1 is 1.45 bits per heavy atom. The molecule has 0 spiro atoms. The topological polar surface area (TPSA) is 62.1 Å². The van der Waals surface area contributed by atoms with Gasteiger partial charge in [0.1, 0.15) is 6.07 Å². The molecular weight excluding hydrogens is 327 g/mol. The average Bonchev–Trinajstić information content (AvgIpc) is 2.46. The van der Waals surface area contributed by atoms with Crippen LogP contribution in [0.4, 0.5) is 10.1 Å². The van der Waals surface area contributed by atoms with Crippen LogP contribution in [0, 0.1) is 17.1 Å². The quantitative estimate of drug-likeness (QED) is 0.607. The summed E-state index contributed by atoms with van der Waals surface area (Å²) in [6.45, 7) is 0.608. The van der Waals surface area contributed by atoms with Crippen LogP contribution in [0.2, 0.25) is 0 Å². The zero-order chi connectivity index (χ0) is 15.0. The summed E-state index contributed by atoms with van der Waals surface area (Å²) in [4.78, 5) is 10.9. The summed E-state index contributed by atoms with van der Waals surface area (Å²) in [5.74, 6) is -0.668. The van der Waals surface area contributed by atoms with E-state index < -0.39 is 5.82 Å². The van der Waals surface area contributed by atoms with Crippen LogP contribution in [0.25, 0.3) is 0 Å². The monoisotopic (exact) mass is 342 g/mol. The van der Waals surface area contributed by atoms with Crippen molar-refractivity contribution in [1.29, 1.82) is 5.26 Å². The first-order valence-corrected chi connectivity index (χ1v) is 7.08. The van der Waals surface area contributed by atoms with Crippen molar-refractivity contribution in [2.45, 2.75) is 25.7 Å². The van der Waals surface area contributed by atoms with E-state index >= 15 is 0 Å². The van der Waals surface area contributed by atoms with Gasteiger partial charge in [-0.1, -0.05) is 6.42 Å². The molecule has 0 fully saturated rings. The van der Waals surface area contributed by atoms with Crippen LogP contribution in [0.1, 0.15) is 31.2 Å². The largest absolute Gasteiger partial charge is 0.469 e. The molecule has 0 aliphatic rings. The third kappa shape index (κ3) is 4.82. The van der Waals surface area contributed by atoms with E-state index in [1.54, 1.807) is 12.1 Å². The third-order valence-corrected chi connectivity index (χ3v) is 3.58. The van der Waals surface area contributed by atoms with Gasteiger partial charge < -0.3 is 10.1 Å². The van der Waals surface area contributed by atoms with Gasteiger partial charge in [-0.25, -0.2) is 4.39 Å². The van der Waals surface area contributed by atoms with Crippen molar-refractivity contribution in [3.63, 3.8) is 0 Å². The Morgan fingerprint density at radius 3 is 2.85 bits per heavy atom. The molecule has 108 valence electrons. The van der Waals surface area contributed by atoms with Crippen molar-refractivity contribution in [2.75, 3.05) is 19.0 Å². The van der Waals surface area contributed by atoms with Crippen molar-refractivity contribution in [2.24, 2.45) is 0 Å². The number of methoxy groups -OCH3 is 1. The molecule has 0 aliphatic heterocycles. The standard InChI is InChI=1S/C14H16BrFN2O2/c1-20-12(19)5-3-2-4-8-18-11-7-6-10(9-17)13(15)14(11)16/h6-7,18H,2-5,8H2,1H3. The summed E-state index contributed by atoms with van der Waals surface area (Å²) in [5, 5.41) is 11.7. The van der Waals surface area contributed by atoms with Gasteiger partial charge in [0.05, 0.1) is 22.8 Å². The van der Waals surface area contributed by atoms with Gasteiger partial charge in [0, 0.05) is 13.0 Å². The second kappa shape index (κ2) is 8.54. The first kappa shape index (κ1) is 16.4. The van der Waals surface area contributed by atoms with Crippen LogP contribution in [-0.2, 0) is 9.53 Å². The van der Waals surface area contributed by atoms with Crippen molar-refractivity contribution >= 4 is 27.6 Å². The number of benzene rings is 1. The molecule has 0 saturated carbocycles. The minimum Gasteiger partial charge on any atom is -0.469 e. The average molecular weight is 343 g/mol. The van der Waals surface area contributed by atoms with Crippen LogP contribution in [0.3, 0.4) is 0 Å². The number of nitrogens with zero attached hydrogens (tertiary/aromatic N) is 1. The van der Waals surface area contributed by atoms with Gasteiger partial charge >= 0.3 is 5.97 Å². The predicted molar refractivity (Wildman–Crippen MR) is 77.8 cm³/mol. The number of nitriles is 1. The zero-order valence-corrected chi connectivity index (χ0v) is 12.8. The molecule has 0 amide bonds. The van der Waals surface area contributed by atoms with Gasteiger partial charge in [0.15, 0.2) is 5.82 Å². The second-order valence-electron chi connectivity index (χ2n) is 4.21. The van der Waals surface area contributed by atoms with Crippen LogP contribution in [0.5, 0.6) is 0 Å². The SMILES string of the molecule is COC(=O)CCCCCNc1ccc(C#N)c(Br)c1F. The fraction of sp³-hybridized carbons (Fsp3) is 0.429. The maximum atomic E-state index is 13.9. The van der Waals surface area contributed by atoms with E-state index in [9.17, 15) is 9.18 Å². The van der Waals surface area contributed by atoms with Crippen molar-refractivity contribution in [3.8, 4) is 6.07 Å². The van der Waals surface area contributed by atoms with Crippen LogP contribution < -0.4 is 5.32 Å². The van der Waals surface area contributed by atoms with Crippen LogP contribution >= 0.6 is 15.9 Å². The summed E-state index contributed by atoms with van der Waals surface area (Å²) in [6.07, 6.45) is 2.86. The van der Waals surface area contributed by atoms with Crippen molar-refractivity contribution in [1.82, 2.24) is 0 Å². The number of carbonyl (C=O) groups excluding carboxylic acids is 1. The molecule has 1 aromatic carbocycles. The second-order valence-corrected chi connectivity index (χ2v) is 5.01. The Hall–Kier alpha value is -1.61. The molecule has 0 heterocycles. The summed E-state index contributed by atoms with van der Waals surface area (Å²) in [7, 11) is 1.37. The Bertz CT molecular complexity index is 515. The number of halogens is 2. The Labute approximate surface area is 126 Å². The molecule has 0 atom stereocenters. The first-order chi connectivity index (χ1) is 9.60. The summed E-state index contributed by atoms with van der Waals surface area (Å²) < 4.78 is 18.6. The summed E-state index contributed by atoms with van der Waals surface area (Å²) >= 11 is 3.06. The molecule has 0 saturated heterocycles. The minimum absolute atomic E-state index is 0.177. The molecular formula is C14H16BrFN2O2. The highest BCUT2D eigenvalue weighted by Gasteiger charge is 2.10. The number of ether oxygens (including phenoxy) is 1. The fourth-order valence-corrected chi connectivity index (χ4v) is 2.10. The molecule has 0 aliphatic carbocycles. The Morgan fingerprint density at radius 2 is 2.20 bits per heavy atom. The molecule has 4 nitrogen and oxygen atoms in total. The minimum atomic E-state index is -0.460. The molecule has 1 aromatic rings. The summed E-state index contributed by atoms with van der Waals surface area (Å²) in [5.41, 5.74) is 0.634. The third-order valence-electron chi connectivity index (χ3n) is 2.80. The number of hydrogen-bond donors (Lipinski definition) is 1. The van der Waals surface area contributed by atoms with Crippen LogP contribution in [-0.4, -0.2) is 19.6 Å². The van der Waals surface area contributed by atoms with Gasteiger partial charge in [0.25, 0.3) is 0 Å². The number of esters is 1. The fourth-order valence-electron chi connectivity index (χ4n) is 1.67. The van der Waals surface area contributed by atoms with Crippen LogP contribution in [0.15, 0.2) is 16.6 Å². The van der Waals surface area contributed by atoms with Gasteiger partial charge in [-0.05, 0) is 40.9 Å². The zero-order valence-electron chi connectivity index (χ0n) is 11.2. The van der Waals surface area contributed by atoms with E-state index in [1.165, 1.54) is 7.11 Å². The van der Waals surface area contributed by atoms with E-state index in [1.807, 2.05) is 6.07 Å². The van der Waals surface area contributed by atoms with Crippen molar-refractivity contribution in [3.05, 3.63) is 28.0 Å². The van der Waals surface area contributed by atoms with Crippen molar-refractivity contribution < 1.29 is 13.9 Å². The number of rotatable bonds is 7. The molecule has 6 heteroatoms. The van der Waals surface area contributed by atoms with E-state index in [-0.39, 0.29) is 16.0 Å². The van der Waals surface area contributed by atoms with E-state index in [4.69, 9.17) is 5.26 Å². The number of unbranched alkanes of at least 4 members (excludes halogenated alkanes) is 2. The molecule has 0 bridgehead atoms. The Kier molecular flexibility index (Phi) is 7.02. The lowest BCUT2D eigenvalue weighted by molar-refractivity contribution is -0.140. The first-order valence-electron chi connectivity index (χ1n) is 6.29. The highest BCUT2D eigenvalue weighted by molar-refractivity contribution is 9.10. The number of carbonyl (C=O) groups is 1. The lowest BCUT2D eigenvalue weighted by Crippen LogP contribution is -2.05. The summed E-state index contributed by atoms with van der Waals surface area (Å²) in [6, 6.07) is 5.02. The van der Waals surface area contributed by atoms with E-state index in [0.29, 0.717) is 18.7 Å². The molecule has 0 unspecified atom stereocenters. The smallest absolute Gasteiger partial charge is 0.305 e. The highest BCUT2D eigenvalue weighted by Crippen LogP contribution is 2.26. The normalized spacial score (nSPS) is 9.90. The number of nitrogens with one attached hydrogen (secondary N) is 1. The van der Waals surface area contributed by atoms with E-state index in [0.717, 1.165) is 19.3 Å². The van der Waals surface area contributed by atoms with Gasteiger partial charge in [-0.3, -0.25) is 4.79 Å². The maximum absolute atomic E-state index is 13.9. The lowest BCUT2D eigenvalue weighted by atomic mass is 10.2. The van der Waals surface area contributed by atoms with Gasteiger partial charge in [0.2, 0.25) is 0 Å². The highest BCUT2D eigenvalue weighted by atomic mass is 79.9. The predicted octanol–water partition coefficient (Wildman–Crippen LogP) is 3.61. The maximum Gasteiger partial charge on any atom is 0.305 e. The molecule has 0 radical (unpaired) electrons. The lowest BCUT2D eigenvalue weighted by Gasteiger charge is -2.09. The molecule has 1 N–H and O–H groups in total. The van der Waals surface area contributed by atoms with E-state index in [2.05, 4.69) is 26.0 Å². The number of hydrogen-bond acceptors (Lipinski definition) is 4. The molecule has 0 aromatic heterocycles. The van der Waals surface area contributed by atoms with Gasteiger partial charge in [-0.15, -0.1) is 0 Å². The molecule has 1 rings (SSSR count). The molecule has 20 heavy (non-hydrogen) atoms. The van der Waals surface area contributed by atoms with Gasteiger partial charge in [-0.2, -0.15) is 5.26 Å². The number of anilines is 1.